The van der Waals surface area contributed by atoms with Crippen molar-refractivity contribution in [3.63, 3.8) is 0 Å². The van der Waals surface area contributed by atoms with Gasteiger partial charge in [0, 0.05) is 18.8 Å². The third-order valence-electron chi connectivity index (χ3n) is 2.71. The number of rotatable bonds is 7. The van der Waals surface area contributed by atoms with Crippen molar-refractivity contribution in [3.05, 3.63) is 29.3 Å². The molecule has 0 atom stereocenters. The minimum atomic E-state index is 0.994. The Kier molecular flexibility index (Phi) is 5.94. The normalized spacial score (nSPS) is 10.4. The average Bonchev–Trinajstić information content (AvgIpc) is 2.26. The molecule has 2 heteroatoms. The summed E-state index contributed by atoms with van der Waals surface area (Å²) in [7, 11) is 0. The fraction of sp³-hybridized carbons (Fsp3) is 0.571. The predicted molar refractivity (Wildman–Crippen MR) is 72.2 cm³/mol. The van der Waals surface area contributed by atoms with Crippen molar-refractivity contribution in [3.8, 4) is 0 Å². The first-order valence-electron chi connectivity index (χ1n) is 6.26. The Balaban J connectivity index is 2.21. The molecule has 2 N–H and O–H groups in total. The molecule has 0 heterocycles. The van der Waals surface area contributed by atoms with Crippen molar-refractivity contribution >= 4 is 5.69 Å². The van der Waals surface area contributed by atoms with Crippen molar-refractivity contribution in [2.75, 3.05) is 25.0 Å². The average molecular weight is 220 g/mol. The van der Waals surface area contributed by atoms with E-state index in [-0.39, 0.29) is 0 Å². The third-order valence-corrected chi connectivity index (χ3v) is 2.71. The Morgan fingerprint density at radius 1 is 1.06 bits per heavy atom. The zero-order chi connectivity index (χ0) is 11.8. The molecular formula is C14H24N2. The van der Waals surface area contributed by atoms with Gasteiger partial charge in [-0.1, -0.05) is 31.0 Å². The number of anilines is 1. The summed E-state index contributed by atoms with van der Waals surface area (Å²) < 4.78 is 0. The highest BCUT2D eigenvalue weighted by molar-refractivity contribution is 5.51. The molecule has 0 aromatic heterocycles. The second kappa shape index (κ2) is 7.29. The highest BCUT2D eigenvalue weighted by Gasteiger charge is 1.96. The van der Waals surface area contributed by atoms with Crippen LogP contribution in [0.2, 0.25) is 0 Å². The Bertz CT molecular complexity index is 308. The number of hydrogen-bond donors (Lipinski definition) is 2. The first-order valence-corrected chi connectivity index (χ1v) is 6.26. The second-order valence-corrected chi connectivity index (χ2v) is 4.35. The Morgan fingerprint density at radius 2 is 1.88 bits per heavy atom. The minimum absolute atomic E-state index is 0.994. The fourth-order valence-electron chi connectivity index (χ4n) is 1.72. The molecule has 0 fully saturated rings. The number of hydrogen-bond acceptors (Lipinski definition) is 2. The van der Waals surface area contributed by atoms with Crippen LogP contribution >= 0.6 is 0 Å². The number of aryl methyl sites for hydroxylation is 2. The van der Waals surface area contributed by atoms with Crippen molar-refractivity contribution in [1.29, 1.82) is 0 Å². The lowest BCUT2D eigenvalue weighted by molar-refractivity contribution is 0.652. The molecule has 90 valence electrons. The molecule has 2 nitrogen and oxygen atoms in total. The molecule has 0 spiro atoms. The molecule has 1 rings (SSSR count). The van der Waals surface area contributed by atoms with Crippen LogP contribution in [-0.4, -0.2) is 19.6 Å². The maximum atomic E-state index is 3.45. The van der Waals surface area contributed by atoms with Gasteiger partial charge in [0.1, 0.15) is 0 Å². The molecule has 0 bridgehead atoms. The van der Waals surface area contributed by atoms with E-state index >= 15 is 0 Å². The Labute approximate surface area is 99.5 Å². The third kappa shape index (κ3) is 4.67. The maximum absolute atomic E-state index is 3.45. The van der Waals surface area contributed by atoms with Gasteiger partial charge in [0.2, 0.25) is 0 Å². The van der Waals surface area contributed by atoms with Gasteiger partial charge in [0.15, 0.2) is 0 Å². The van der Waals surface area contributed by atoms with Crippen molar-refractivity contribution in [2.45, 2.75) is 33.6 Å². The van der Waals surface area contributed by atoms with Gasteiger partial charge in [-0.2, -0.15) is 0 Å². The minimum Gasteiger partial charge on any atom is -0.384 e. The monoisotopic (exact) mass is 220 g/mol. The molecule has 16 heavy (non-hydrogen) atoms. The molecule has 0 aliphatic rings. The fourth-order valence-corrected chi connectivity index (χ4v) is 1.72. The SMILES string of the molecule is CCCCNCCNc1ccc(C)cc1C. The van der Waals surface area contributed by atoms with E-state index in [1.165, 1.54) is 29.7 Å². The van der Waals surface area contributed by atoms with E-state index in [1.807, 2.05) is 0 Å². The first-order chi connectivity index (χ1) is 7.74. The quantitative estimate of drug-likeness (QED) is 0.690. The topological polar surface area (TPSA) is 24.1 Å². The lowest BCUT2D eigenvalue weighted by atomic mass is 10.1. The van der Waals surface area contributed by atoms with Crippen molar-refractivity contribution in [1.82, 2.24) is 5.32 Å². The summed E-state index contributed by atoms with van der Waals surface area (Å²) in [6.45, 7) is 9.66. The van der Waals surface area contributed by atoms with Crippen LogP contribution in [0, 0.1) is 13.8 Å². The summed E-state index contributed by atoms with van der Waals surface area (Å²) in [5.74, 6) is 0. The van der Waals surface area contributed by atoms with Crippen LogP contribution in [-0.2, 0) is 0 Å². The summed E-state index contributed by atoms with van der Waals surface area (Å²) in [6, 6.07) is 6.53. The van der Waals surface area contributed by atoms with Gasteiger partial charge in [0.25, 0.3) is 0 Å². The molecule has 1 aromatic rings. The number of nitrogens with one attached hydrogen (secondary N) is 2. The van der Waals surface area contributed by atoms with Crippen molar-refractivity contribution < 1.29 is 0 Å². The highest BCUT2D eigenvalue weighted by Crippen LogP contribution is 2.15. The van der Waals surface area contributed by atoms with E-state index in [9.17, 15) is 0 Å². The maximum Gasteiger partial charge on any atom is 0.0370 e. The molecule has 0 saturated carbocycles. The van der Waals surface area contributed by atoms with Gasteiger partial charge in [-0.05, 0) is 38.4 Å². The smallest absolute Gasteiger partial charge is 0.0370 e. The number of unbranched alkanes of at least 4 members (excludes halogenated alkanes) is 1. The molecule has 0 unspecified atom stereocenters. The lowest BCUT2D eigenvalue weighted by Gasteiger charge is -2.10. The van der Waals surface area contributed by atoms with E-state index in [2.05, 4.69) is 49.6 Å². The molecule has 1 aromatic carbocycles. The van der Waals surface area contributed by atoms with Gasteiger partial charge in [-0.3, -0.25) is 0 Å². The molecule has 0 saturated heterocycles. The van der Waals surface area contributed by atoms with Crippen molar-refractivity contribution in [2.24, 2.45) is 0 Å². The van der Waals surface area contributed by atoms with Gasteiger partial charge >= 0.3 is 0 Å². The second-order valence-electron chi connectivity index (χ2n) is 4.35. The van der Waals surface area contributed by atoms with Crippen LogP contribution in [0.3, 0.4) is 0 Å². The van der Waals surface area contributed by atoms with Crippen LogP contribution in [0.25, 0.3) is 0 Å². The van der Waals surface area contributed by atoms with Gasteiger partial charge in [-0.25, -0.2) is 0 Å². The zero-order valence-electron chi connectivity index (χ0n) is 10.8. The van der Waals surface area contributed by atoms with Crippen LogP contribution in [0.4, 0.5) is 5.69 Å². The summed E-state index contributed by atoms with van der Waals surface area (Å²) in [5, 5.41) is 6.88. The summed E-state index contributed by atoms with van der Waals surface area (Å²) in [6.07, 6.45) is 2.53. The van der Waals surface area contributed by atoms with E-state index < -0.39 is 0 Å². The number of benzene rings is 1. The molecular weight excluding hydrogens is 196 g/mol. The first kappa shape index (κ1) is 13.0. The standard InChI is InChI=1S/C14H24N2/c1-4-5-8-15-9-10-16-14-7-6-12(2)11-13(14)3/h6-7,11,15-16H,4-5,8-10H2,1-3H3. The molecule has 0 amide bonds. The van der Waals surface area contributed by atoms with Gasteiger partial charge in [0.05, 0.1) is 0 Å². The van der Waals surface area contributed by atoms with Crippen LogP contribution in [0.1, 0.15) is 30.9 Å². The van der Waals surface area contributed by atoms with Crippen LogP contribution in [0.5, 0.6) is 0 Å². The van der Waals surface area contributed by atoms with E-state index in [4.69, 9.17) is 0 Å². The Morgan fingerprint density at radius 3 is 2.56 bits per heavy atom. The predicted octanol–water partition coefficient (Wildman–Crippen LogP) is 3.11. The van der Waals surface area contributed by atoms with E-state index in [0.717, 1.165) is 19.6 Å². The van der Waals surface area contributed by atoms with Crippen LogP contribution in [0.15, 0.2) is 18.2 Å². The van der Waals surface area contributed by atoms with Gasteiger partial charge in [-0.15, -0.1) is 0 Å². The lowest BCUT2D eigenvalue weighted by Crippen LogP contribution is -2.23. The van der Waals surface area contributed by atoms with E-state index in [1.54, 1.807) is 0 Å². The highest BCUT2D eigenvalue weighted by atomic mass is 14.9. The van der Waals surface area contributed by atoms with Gasteiger partial charge < -0.3 is 10.6 Å². The van der Waals surface area contributed by atoms with Crippen LogP contribution < -0.4 is 10.6 Å². The Hall–Kier alpha value is -1.02. The molecule has 0 aliphatic carbocycles. The zero-order valence-corrected chi connectivity index (χ0v) is 10.8. The largest absolute Gasteiger partial charge is 0.384 e. The summed E-state index contributed by atoms with van der Waals surface area (Å²) in [4.78, 5) is 0. The summed E-state index contributed by atoms with van der Waals surface area (Å²) >= 11 is 0. The molecule has 0 radical (unpaired) electrons. The summed E-state index contributed by atoms with van der Waals surface area (Å²) in [5.41, 5.74) is 3.90. The van der Waals surface area contributed by atoms with E-state index in [0.29, 0.717) is 0 Å². The molecule has 0 aliphatic heterocycles.